The first-order valence-corrected chi connectivity index (χ1v) is 4.73. The number of hydrogen-bond donors (Lipinski definition) is 1. The molecule has 1 aliphatic carbocycles. The highest BCUT2D eigenvalue weighted by Gasteiger charge is 2.21. The summed E-state index contributed by atoms with van der Waals surface area (Å²) in [6.07, 6.45) is 4.17. The molecule has 1 unspecified atom stereocenters. The van der Waals surface area contributed by atoms with Crippen molar-refractivity contribution in [3.05, 3.63) is 0 Å². The Kier molecular flexibility index (Phi) is 4.33. The molecular weight excluding hydrogens is 174 g/mol. The smallest absolute Gasteiger partial charge is 0.0507 e. The van der Waals surface area contributed by atoms with Crippen molar-refractivity contribution in [3.8, 4) is 0 Å². The molecule has 0 aromatic heterocycles. The molecule has 0 amide bonds. The Balaban J connectivity index is 0.000000720. The second-order valence-corrected chi connectivity index (χ2v) is 3.83. The lowest BCUT2D eigenvalue weighted by atomic mass is 10.1. The van der Waals surface area contributed by atoms with E-state index >= 15 is 0 Å². The molecule has 1 heterocycles. The average molecular weight is 192 g/mol. The van der Waals surface area contributed by atoms with Crippen molar-refractivity contribution >= 4 is 12.4 Å². The van der Waals surface area contributed by atoms with Gasteiger partial charge >= 0.3 is 0 Å². The van der Waals surface area contributed by atoms with Gasteiger partial charge in [0.15, 0.2) is 0 Å². The van der Waals surface area contributed by atoms with Crippen molar-refractivity contribution < 1.29 is 4.74 Å². The fraction of sp³-hybridized carbons (Fsp3) is 1.00. The standard InChI is InChI=1S/C9H17NO.ClH/c1-2-8(1)5-10-6-9-3-4-11-7-9;/h8-10H,1-7H2;1H. The summed E-state index contributed by atoms with van der Waals surface area (Å²) in [4.78, 5) is 0. The molecule has 0 spiro atoms. The summed E-state index contributed by atoms with van der Waals surface area (Å²) in [6.45, 7) is 4.39. The van der Waals surface area contributed by atoms with Crippen molar-refractivity contribution in [2.75, 3.05) is 26.3 Å². The highest BCUT2D eigenvalue weighted by atomic mass is 35.5. The summed E-state index contributed by atoms with van der Waals surface area (Å²) in [5.41, 5.74) is 0. The van der Waals surface area contributed by atoms with Gasteiger partial charge in [0, 0.05) is 13.2 Å². The lowest BCUT2D eigenvalue weighted by Crippen LogP contribution is -2.24. The maximum atomic E-state index is 5.29. The molecule has 0 aromatic carbocycles. The van der Waals surface area contributed by atoms with Gasteiger partial charge in [-0.25, -0.2) is 0 Å². The van der Waals surface area contributed by atoms with Gasteiger partial charge in [0.2, 0.25) is 0 Å². The molecule has 1 atom stereocenters. The zero-order valence-electron chi connectivity index (χ0n) is 7.42. The Morgan fingerprint density at radius 2 is 1.83 bits per heavy atom. The molecule has 2 fully saturated rings. The Morgan fingerprint density at radius 3 is 2.42 bits per heavy atom. The fourth-order valence-corrected chi connectivity index (χ4v) is 1.56. The predicted octanol–water partition coefficient (Wildman–Crippen LogP) is 1.44. The molecule has 72 valence electrons. The van der Waals surface area contributed by atoms with Gasteiger partial charge in [-0.05, 0) is 37.6 Å². The first-order valence-electron chi connectivity index (χ1n) is 4.73. The second kappa shape index (κ2) is 5.05. The Labute approximate surface area is 80.5 Å². The third-order valence-corrected chi connectivity index (χ3v) is 2.59. The summed E-state index contributed by atoms with van der Waals surface area (Å²) in [6, 6.07) is 0. The maximum Gasteiger partial charge on any atom is 0.0507 e. The number of ether oxygens (including phenoxy) is 1. The van der Waals surface area contributed by atoms with Gasteiger partial charge in [-0.2, -0.15) is 0 Å². The van der Waals surface area contributed by atoms with Crippen LogP contribution in [0.25, 0.3) is 0 Å². The summed E-state index contributed by atoms with van der Waals surface area (Å²) in [5, 5.41) is 3.51. The van der Waals surface area contributed by atoms with Crippen LogP contribution < -0.4 is 5.32 Å². The zero-order valence-corrected chi connectivity index (χ0v) is 8.24. The number of nitrogens with one attached hydrogen (secondary N) is 1. The van der Waals surface area contributed by atoms with Crippen LogP contribution >= 0.6 is 12.4 Å². The van der Waals surface area contributed by atoms with Crippen LogP contribution in [-0.4, -0.2) is 26.3 Å². The molecule has 0 aromatic rings. The van der Waals surface area contributed by atoms with Gasteiger partial charge in [0.25, 0.3) is 0 Å². The molecule has 1 saturated heterocycles. The van der Waals surface area contributed by atoms with Crippen LogP contribution in [0.4, 0.5) is 0 Å². The van der Waals surface area contributed by atoms with E-state index in [0.717, 1.165) is 25.0 Å². The van der Waals surface area contributed by atoms with E-state index in [0.29, 0.717) is 0 Å². The zero-order chi connectivity index (χ0) is 7.52. The first-order chi connectivity index (χ1) is 5.45. The molecule has 1 aliphatic heterocycles. The molecular formula is C9H18ClNO. The molecule has 2 aliphatic rings. The van der Waals surface area contributed by atoms with Crippen LogP contribution in [0.2, 0.25) is 0 Å². The van der Waals surface area contributed by atoms with Crippen LogP contribution in [-0.2, 0) is 4.74 Å². The molecule has 0 bridgehead atoms. The molecule has 12 heavy (non-hydrogen) atoms. The quantitative estimate of drug-likeness (QED) is 0.727. The number of hydrogen-bond acceptors (Lipinski definition) is 2. The third-order valence-electron chi connectivity index (χ3n) is 2.59. The van der Waals surface area contributed by atoms with Crippen molar-refractivity contribution in [3.63, 3.8) is 0 Å². The molecule has 3 heteroatoms. The largest absolute Gasteiger partial charge is 0.381 e. The minimum atomic E-state index is 0. The molecule has 2 nitrogen and oxygen atoms in total. The Hall–Kier alpha value is 0.210. The second-order valence-electron chi connectivity index (χ2n) is 3.83. The Bertz CT molecular complexity index is 122. The summed E-state index contributed by atoms with van der Waals surface area (Å²) in [7, 11) is 0. The van der Waals surface area contributed by atoms with E-state index in [9.17, 15) is 0 Å². The van der Waals surface area contributed by atoms with Crippen LogP contribution in [0.1, 0.15) is 19.3 Å². The van der Waals surface area contributed by atoms with Crippen LogP contribution in [0.3, 0.4) is 0 Å². The van der Waals surface area contributed by atoms with Gasteiger partial charge in [-0.15, -0.1) is 12.4 Å². The first kappa shape index (κ1) is 10.3. The summed E-state index contributed by atoms with van der Waals surface area (Å²) >= 11 is 0. The van der Waals surface area contributed by atoms with E-state index in [1.165, 1.54) is 32.4 Å². The number of halogens is 1. The fourth-order valence-electron chi connectivity index (χ4n) is 1.56. The van der Waals surface area contributed by atoms with Crippen molar-refractivity contribution in [1.82, 2.24) is 5.32 Å². The topological polar surface area (TPSA) is 21.3 Å². The maximum absolute atomic E-state index is 5.29. The minimum absolute atomic E-state index is 0. The van der Waals surface area contributed by atoms with Crippen LogP contribution in [0, 0.1) is 11.8 Å². The van der Waals surface area contributed by atoms with Gasteiger partial charge in [0.1, 0.15) is 0 Å². The number of rotatable bonds is 4. The third kappa shape index (κ3) is 3.30. The van der Waals surface area contributed by atoms with Crippen molar-refractivity contribution in [2.45, 2.75) is 19.3 Å². The van der Waals surface area contributed by atoms with Gasteiger partial charge in [-0.1, -0.05) is 0 Å². The minimum Gasteiger partial charge on any atom is -0.381 e. The van der Waals surface area contributed by atoms with E-state index in [-0.39, 0.29) is 12.4 Å². The lowest BCUT2D eigenvalue weighted by molar-refractivity contribution is 0.185. The molecule has 0 radical (unpaired) electrons. The normalized spacial score (nSPS) is 28.5. The van der Waals surface area contributed by atoms with Crippen molar-refractivity contribution in [1.29, 1.82) is 0 Å². The van der Waals surface area contributed by atoms with Gasteiger partial charge < -0.3 is 10.1 Å². The van der Waals surface area contributed by atoms with E-state index in [2.05, 4.69) is 5.32 Å². The van der Waals surface area contributed by atoms with Crippen molar-refractivity contribution in [2.24, 2.45) is 11.8 Å². The highest BCUT2D eigenvalue weighted by Crippen LogP contribution is 2.27. The lowest BCUT2D eigenvalue weighted by Gasteiger charge is -2.07. The van der Waals surface area contributed by atoms with Crippen LogP contribution in [0.5, 0.6) is 0 Å². The van der Waals surface area contributed by atoms with E-state index in [1.807, 2.05) is 0 Å². The summed E-state index contributed by atoms with van der Waals surface area (Å²) in [5.74, 6) is 1.81. The molecule has 1 saturated carbocycles. The van der Waals surface area contributed by atoms with Gasteiger partial charge in [0.05, 0.1) is 6.61 Å². The molecule has 2 rings (SSSR count). The molecule has 1 N–H and O–H groups in total. The van der Waals surface area contributed by atoms with E-state index in [4.69, 9.17) is 4.74 Å². The highest BCUT2D eigenvalue weighted by molar-refractivity contribution is 5.85. The van der Waals surface area contributed by atoms with E-state index in [1.54, 1.807) is 0 Å². The monoisotopic (exact) mass is 191 g/mol. The van der Waals surface area contributed by atoms with E-state index < -0.39 is 0 Å². The van der Waals surface area contributed by atoms with Crippen LogP contribution in [0.15, 0.2) is 0 Å². The van der Waals surface area contributed by atoms with Gasteiger partial charge in [-0.3, -0.25) is 0 Å². The average Bonchev–Trinajstić information content (AvgIpc) is 2.66. The summed E-state index contributed by atoms with van der Waals surface area (Å²) < 4.78 is 5.29. The Morgan fingerprint density at radius 1 is 1.08 bits per heavy atom. The SMILES string of the molecule is C1CC(CNCC2CC2)CO1.Cl. The predicted molar refractivity (Wildman–Crippen MR) is 51.8 cm³/mol.